The standard InChI is InChI=1S/C17H27N3O/c1-4-9-20-12-19-10-15(20)16(21)17(11-18)7-5-14(6-8-17)13(2)3/h10,12-14,16,21H,4-9H2,1-3H3. The van der Waals surface area contributed by atoms with Gasteiger partial charge in [0.1, 0.15) is 6.10 Å². The molecule has 1 aromatic heterocycles. The van der Waals surface area contributed by atoms with Gasteiger partial charge >= 0.3 is 0 Å². The van der Waals surface area contributed by atoms with E-state index >= 15 is 0 Å². The molecule has 1 saturated carbocycles. The fourth-order valence-corrected chi connectivity index (χ4v) is 3.54. The van der Waals surface area contributed by atoms with Gasteiger partial charge in [-0.15, -0.1) is 0 Å². The number of hydrogen-bond donors (Lipinski definition) is 1. The molecule has 0 spiro atoms. The summed E-state index contributed by atoms with van der Waals surface area (Å²) in [6, 6.07) is 2.44. The Morgan fingerprint density at radius 2 is 2.14 bits per heavy atom. The third-order valence-corrected chi connectivity index (χ3v) is 5.10. The highest BCUT2D eigenvalue weighted by atomic mass is 16.3. The highest BCUT2D eigenvalue weighted by Gasteiger charge is 2.43. The number of imidazole rings is 1. The average Bonchev–Trinajstić information content (AvgIpc) is 2.95. The third kappa shape index (κ3) is 3.13. The van der Waals surface area contributed by atoms with Crippen molar-refractivity contribution in [3.63, 3.8) is 0 Å². The second-order valence-corrected chi connectivity index (χ2v) is 6.76. The van der Waals surface area contributed by atoms with E-state index in [4.69, 9.17) is 0 Å². The molecule has 1 atom stereocenters. The smallest absolute Gasteiger partial charge is 0.114 e. The van der Waals surface area contributed by atoms with E-state index < -0.39 is 11.5 Å². The van der Waals surface area contributed by atoms with Gasteiger partial charge in [0.2, 0.25) is 0 Å². The Morgan fingerprint density at radius 3 is 2.67 bits per heavy atom. The van der Waals surface area contributed by atoms with Gasteiger partial charge < -0.3 is 9.67 Å². The number of rotatable bonds is 5. The second-order valence-electron chi connectivity index (χ2n) is 6.76. The van der Waals surface area contributed by atoms with Crippen LogP contribution in [0.4, 0.5) is 0 Å². The Bertz CT molecular complexity index is 492. The number of nitriles is 1. The summed E-state index contributed by atoms with van der Waals surface area (Å²) < 4.78 is 1.98. The van der Waals surface area contributed by atoms with Crippen LogP contribution in [0.15, 0.2) is 12.5 Å². The molecule has 0 aliphatic heterocycles. The largest absolute Gasteiger partial charge is 0.385 e. The van der Waals surface area contributed by atoms with Crippen LogP contribution in [0.25, 0.3) is 0 Å². The van der Waals surface area contributed by atoms with E-state index in [2.05, 4.69) is 31.8 Å². The zero-order valence-electron chi connectivity index (χ0n) is 13.4. The SMILES string of the molecule is CCCn1cncc1C(O)C1(C#N)CCC(C(C)C)CC1. The predicted molar refractivity (Wildman–Crippen MR) is 82.3 cm³/mol. The van der Waals surface area contributed by atoms with Crippen LogP contribution in [0.1, 0.15) is 64.7 Å². The van der Waals surface area contributed by atoms with Gasteiger partial charge in [0.25, 0.3) is 0 Å². The molecule has 1 aliphatic rings. The lowest BCUT2D eigenvalue weighted by Gasteiger charge is -2.39. The predicted octanol–water partition coefficient (Wildman–Crippen LogP) is 3.68. The highest BCUT2D eigenvalue weighted by Crippen LogP contribution is 2.48. The molecule has 116 valence electrons. The molecule has 0 bridgehead atoms. The summed E-state index contributed by atoms with van der Waals surface area (Å²) in [5, 5.41) is 20.6. The number of aliphatic hydroxyl groups is 1. The molecule has 1 fully saturated rings. The van der Waals surface area contributed by atoms with E-state index in [-0.39, 0.29) is 0 Å². The van der Waals surface area contributed by atoms with Crippen LogP contribution in [-0.2, 0) is 6.54 Å². The molecule has 0 saturated heterocycles. The van der Waals surface area contributed by atoms with Gasteiger partial charge in [-0.3, -0.25) is 0 Å². The number of aryl methyl sites for hydroxylation is 1. The molecule has 0 aromatic carbocycles. The topological polar surface area (TPSA) is 61.8 Å². The van der Waals surface area contributed by atoms with Gasteiger partial charge in [-0.2, -0.15) is 5.26 Å². The number of hydrogen-bond acceptors (Lipinski definition) is 3. The molecule has 1 aliphatic carbocycles. The van der Waals surface area contributed by atoms with Crippen LogP contribution in [0.3, 0.4) is 0 Å². The first kappa shape index (κ1) is 16.0. The summed E-state index contributed by atoms with van der Waals surface area (Å²) in [6.07, 6.45) is 7.36. The summed E-state index contributed by atoms with van der Waals surface area (Å²) in [7, 11) is 0. The molecule has 1 aromatic rings. The van der Waals surface area contributed by atoms with Crippen LogP contribution in [0.5, 0.6) is 0 Å². The molecule has 1 unspecified atom stereocenters. The van der Waals surface area contributed by atoms with Gasteiger partial charge in [0, 0.05) is 6.54 Å². The maximum atomic E-state index is 10.8. The van der Waals surface area contributed by atoms with Crippen molar-refractivity contribution in [2.75, 3.05) is 0 Å². The van der Waals surface area contributed by atoms with Gasteiger partial charge in [-0.1, -0.05) is 20.8 Å². The van der Waals surface area contributed by atoms with Crippen molar-refractivity contribution >= 4 is 0 Å². The number of nitrogens with zero attached hydrogens (tertiary/aromatic N) is 3. The van der Waals surface area contributed by atoms with E-state index in [0.29, 0.717) is 11.8 Å². The van der Waals surface area contributed by atoms with Gasteiger partial charge in [0.05, 0.1) is 29.7 Å². The summed E-state index contributed by atoms with van der Waals surface area (Å²) >= 11 is 0. The average molecular weight is 289 g/mol. The minimum absolute atomic E-state index is 0.642. The van der Waals surface area contributed by atoms with Crippen molar-refractivity contribution in [2.24, 2.45) is 17.3 Å². The molecule has 4 nitrogen and oxygen atoms in total. The van der Waals surface area contributed by atoms with Crippen molar-refractivity contribution in [3.8, 4) is 6.07 Å². The summed E-state index contributed by atoms with van der Waals surface area (Å²) in [6.45, 7) is 7.43. The van der Waals surface area contributed by atoms with E-state index in [1.54, 1.807) is 12.5 Å². The van der Waals surface area contributed by atoms with Crippen LogP contribution in [-0.4, -0.2) is 14.7 Å². The quantitative estimate of drug-likeness (QED) is 0.899. The van der Waals surface area contributed by atoms with Gasteiger partial charge in [-0.05, 0) is 43.9 Å². The Hall–Kier alpha value is -1.34. The molecule has 21 heavy (non-hydrogen) atoms. The maximum absolute atomic E-state index is 10.8. The van der Waals surface area contributed by atoms with Gasteiger partial charge in [0.15, 0.2) is 0 Å². The Morgan fingerprint density at radius 1 is 1.48 bits per heavy atom. The summed E-state index contributed by atoms with van der Waals surface area (Å²) in [5.41, 5.74) is 0.151. The Kier molecular flexibility index (Phi) is 5.05. The molecule has 2 rings (SSSR count). The van der Waals surface area contributed by atoms with E-state index in [1.807, 2.05) is 4.57 Å². The van der Waals surface area contributed by atoms with Gasteiger partial charge in [-0.25, -0.2) is 4.98 Å². The van der Waals surface area contributed by atoms with Crippen molar-refractivity contribution in [1.82, 2.24) is 9.55 Å². The van der Waals surface area contributed by atoms with E-state index in [9.17, 15) is 10.4 Å². The molecule has 0 amide bonds. The monoisotopic (exact) mass is 289 g/mol. The Labute approximate surface area is 127 Å². The zero-order chi connectivity index (χ0) is 15.5. The van der Waals surface area contributed by atoms with E-state index in [0.717, 1.165) is 44.3 Å². The lowest BCUT2D eigenvalue weighted by Crippen LogP contribution is -2.34. The normalized spacial score (nSPS) is 27.5. The molecule has 0 radical (unpaired) electrons. The minimum Gasteiger partial charge on any atom is -0.385 e. The minimum atomic E-state index is -0.732. The molecule has 4 heteroatoms. The first-order valence-corrected chi connectivity index (χ1v) is 8.13. The van der Waals surface area contributed by atoms with E-state index in [1.165, 1.54) is 0 Å². The zero-order valence-corrected chi connectivity index (χ0v) is 13.4. The molecule has 1 heterocycles. The molecular formula is C17H27N3O. The summed E-state index contributed by atoms with van der Waals surface area (Å²) in [5.74, 6) is 1.34. The lowest BCUT2D eigenvalue weighted by molar-refractivity contribution is 0.0139. The first-order chi connectivity index (χ1) is 10.0. The van der Waals surface area contributed by atoms with Crippen LogP contribution in [0, 0.1) is 28.6 Å². The fourth-order valence-electron chi connectivity index (χ4n) is 3.54. The molecular weight excluding hydrogens is 262 g/mol. The van der Waals surface area contributed by atoms with Crippen LogP contribution >= 0.6 is 0 Å². The Balaban J connectivity index is 2.18. The highest BCUT2D eigenvalue weighted by molar-refractivity contribution is 5.16. The third-order valence-electron chi connectivity index (χ3n) is 5.10. The van der Waals surface area contributed by atoms with Crippen molar-refractivity contribution < 1.29 is 5.11 Å². The van der Waals surface area contributed by atoms with Crippen molar-refractivity contribution in [2.45, 2.75) is 65.5 Å². The fraction of sp³-hybridized carbons (Fsp3) is 0.765. The first-order valence-electron chi connectivity index (χ1n) is 8.13. The number of aliphatic hydroxyl groups excluding tert-OH is 1. The second kappa shape index (κ2) is 6.62. The van der Waals surface area contributed by atoms with Crippen LogP contribution < -0.4 is 0 Å². The summed E-state index contributed by atoms with van der Waals surface area (Å²) in [4.78, 5) is 4.16. The number of aromatic nitrogens is 2. The maximum Gasteiger partial charge on any atom is 0.114 e. The van der Waals surface area contributed by atoms with Crippen molar-refractivity contribution in [3.05, 3.63) is 18.2 Å². The lowest BCUT2D eigenvalue weighted by atomic mass is 9.65. The van der Waals surface area contributed by atoms with Crippen molar-refractivity contribution in [1.29, 1.82) is 5.26 Å². The van der Waals surface area contributed by atoms with Crippen LogP contribution in [0.2, 0.25) is 0 Å². The molecule has 1 N–H and O–H groups in total.